The second kappa shape index (κ2) is 11.3. The zero-order valence-corrected chi connectivity index (χ0v) is 18.1. The Morgan fingerprint density at radius 2 is 1.97 bits per heavy atom. The minimum absolute atomic E-state index is 0.00352. The normalized spacial score (nSPS) is 12.1. The van der Waals surface area contributed by atoms with E-state index in [-0.39, 0.29) is 36.4 Å². The van der Waals surface area contributed by atoms with Crippen LogP contribution in [-0.4, -0.2) is 53.1 Å². The van der Waals surface area contributed by atoms with Gasteiger partial charge in [-0.25, -0.2) is 4.98 Å². The van der Waals surface area contributed by atoms with E-state index < -0.39 is 12.1 Å². The van der Waals surface area contributed by atoms with Gasteiger partial charge < -0.3 is 25.0 Å². The van der Waals surface area contributed by atoms with Crippen LogP contribution in [0.3, 0.4) is 0 Å². The zero-order valence-electron chi connectivity index (χ0n) is 18.1. The van der Waals surface area contributed by atoms with Gasteiger partial charge in [0.1, 0.15) is 24.5 Å². The molecular weight excluding hydrogens is 398 g/mol. The highest BCUT2D eigenvalue weighted by atomic mass is 16.5. The Morgan fingerprint density at radius 3 is 2.58 bits per heavy atom. The van der Waals surface area contributed by atoms with Crippen LogP contribution in [0.25, 0.3) is 0 Å². The number of carboxylic acid groups (broad SMARTS) is 1. The van der Waals surface area contributed by atoms with Crippen LogP contribution in [-0.2, 0) is 17.6 Å². The number of aryl methyl sites for hydroxylation is 1. The average Bonchev–Trinajstić information content (AvgIpc) is 2.75. The van der Waals surface area contributed by atoms with Gasteiger partial charge in [-0.1, -0.05) is 12.1 Å². The Labute approximate surface area is 182 Å². The summed E-state index contributed by atoms with van der Waals surface area (Å²) in [6, 6.07) is 13.0. The fraction of sp³-hybridized carbons (Fsp3) is 0.435. The van der Waals surface area contributed by atoms with Crippen molar-refractivity contribution in [1.82, 2.24) is 10.3 Å². The molecule has 1 unspecified atom stereocenters. The fourth-order valence-corrected chi connectivity index (χ4v) is 3.01. The summed E-state index contributed by atoms with van der Waals surface area (Å²) in [5, 5.41) is 31.7. The molecule has 0 spiro atoms. The summed E-state index contributed by atoms with van der Waals surface area (Å²) in [7, 11) is 1.63. The van der Waals surface area contributed by atoms with E-state index in [9.17, 15) is 15.2 Å². The number of hydrogen-bond acceptors (Lipinski definition) is 7. The van der Waals surface area contributed by atoms with E-state index >= 15 is 0 Å². The maximum Gasteiger partial charge on any atom is 0.303 e. The van der Waals surface area contributed by atoms with Crippen molar-refractivity contribution >= 4 is 5.97 Å². The number of methoxy groups -OCH3 is 1. The third-order valence-electron chi connectivity index (χ3n) is 4.67. The van der Waals surface area contributed by atoms with Gasteiger partial charge in [-0.05, 0) is 50.1 Å². The topological polar surface area (TPSA) is 125 Å². The van der Waals surface area contributed by atoms with Crippen LogP contribution >= 0.6 is 0 Å². The number of aliphatic hydroxyl groups is 1. The van der Waals surface area contributed by atoms with Gasteiger partial charge in [0.05, 0.1) is 13.5 Å². The van der Waals surface area contributed by atoms with Crippen LogP contribution in [0, 0.1) is 11.3 Å². The first-order chi connectivity index (χ1) is 14.7. The van der Waals surface area contributed by atoms with Crippen LogP contribution < -0.4 is 14.8 Å². The van der Waals surface area contributed by atoms with E-state index in [1.165, 1.54) is 0 Å². The van der Waals surface area contributed by atoms with E-state index in [2.05, 4.69) is 24.1 Å². The molecule has 0 saturated heterocycles. The largest absolute Gasteiger partial charge is 0.497 e. The van der Waals surface area contributed by atoms with Crippen LogP contribution in [0.5, 0.6) is 11.5 Å². The maximum absolute atomic E-state index is 10.7. The number of rotatable bonds is 12. The molecule has 31 heavy (non-hydrogen) atoms. The molecule has 2 aromatic rings. The van der Waals surface area contributed by atoms with Gasteiger partial charge in [0.15, 0.2) is 11.4 Å². The van der Waals surface area contributed by atoms with E-state index in [0.717, 1.165) is 17.7 Å². The first-order valence-corrected chi connectivity index (χ1v) is 10.0. The van der Waals surface area contributed by atoms with Crippen LogP contribution in [0.2, 0.25) is 0 Å². The lowest BCUT2D eigenvalue weighted by atomic mass is 9.94. The molecule has 0 aliphatic carbocycles. The molecular formula is C23H29N3O5. The van der Waals surface area contributed by atoms with Crippen molar-refractivity contribution < 1.29 is 24.5 Å². The molecule has 0 saturated carbocycles. The van der Waals surface area contributed by atoms with Crippen molar-refractivity contribution in [3.8, 4) is 17.6 Å². The fourth-order valence-electron chi connectivity index (χ4n) is 3.01. The van der Waals surface area contributed by atoms with E-state index in [1.54, 1.807) is 19.2 Å². The Morgan fingerprint density at radius 1 is 1.26 bits per heavy atom. The maximum atomic E-state index is 10.7. The van der Waals surface area contributed by atoms with E-state index in [4.69, 9.17) is 14.6 Å². The molecule has 0 aliphatic rings. The van der Waals surface area contributed by atoms with Crippen molar-refractivity contribution in [3.63, 3.8) is 0 Å². The molecule has 3 N–H and O–H groups in total. The minimum Gasteiger partial charge on any atom is -0.497 e. The number of nitriles is 1. The lowest BCUT2D eigenvalue weighted by Gasteiger charge is -2.28. The predicted molar refractivity (Wildman–Crippen MR) is 115 cm³/mol. The number of benzene rings is 1. The highest BCUT2D eigenvalue weighted by molar-refractivity contribution is 5.67. The number of pyridine rings is 1. The first kappa shape index (κ1) is 24.1. The third kappa shape index (κ3) is 8.24. The lowest BCUT2D eigenvalue weighted by Crippen LogP contribution is -2.46. The monoisotopic (exact) mass is 427 g/mol. The van der Waals surface area contributed by atoms with Crippen molar-refractivity contribution in [2.24, 2.45) is 0 Å². The molecule has 8 nitrogen and oxygen atoms in total. The Bertz CT molecular complexity index is 906. The average molecular weight is 428 g/mol. The number of aliphatic carboxylic acids is 1. The number of hydrogen-bond donors (Lipinski definition) is 3. The Balaban J connectivity index is 1.84. The lowest BCUT2D eigenvalue weighted by molar-refractivity contribution is -0.136. The van der Waals surface area contributed by atoms with E-state index in [1.807, 2.05) is 30.3 Å². The number of carbonyl (C=O) groups is 1. The molecule has 0 bridgehead atoms. The van der Waals surface area contributed by atoms with Gasteiger partial charge >= 0.3 is 5.97 Å². The number of nitrogens with one attached hydrogen (secondary N) is 1. The molecule has 0 fully saturated rings. The minimum atomic E-state index is -0.925. The first-order valence-electron chi connectivity index (χ1n) is 10.0. The summed E-state index contributed by atoms with van der Waals surface area (Å²) < 4.78 is 10.7. The number of ether oxygens (including phenoxy) is 2. The Hall–Kier alpha value is -3.15. The Kier molecular flexibility index (Phi) is 8.79. The molecule has 1 aromatic heterocycles. The molecule has 1 aromatic carbocycles. The highest BCUT2D eigenvalue weighted by Gasteiger charge is 2.20. The number of β-amino-alcohol motifs (C(OH)–C–C–N with tert-alkyl or cyclic N) is 1. The van der Waals surface area contributed by atoms with Crippen LogP contribution in [0.15, 0.2) is 36.4 Å². The second-order valence-electron chi connectivity index (χ2n) is 7.91. The van der Waals surface area contributed by atoms with Crippen molar-refractivity contribution in [1.29, 1.82) is 5.26 Å². The molecule has 1 atom stereocenters. The van der Waals surface area contributed by atoms with Gasteiger partial charge in [-0.2, -0.15) is 5.26 Å². The zero-order chi connectivity index (χ0) is 22.9. The van der Waals surface area contributed by atoms with Gasteiger partial charge in [-0.15, -0.1) is 0 Å². The summed E-state index contributed by atoms with van der Waals surface area (Å²) in [4.78, 5) is 14.8. The number of aromatic nitrogens is 1. The number of aliphatic hydroxyl groups excluding tert-OH is 1. The standard InChI is InChI=1S/C23H29N3O5/c1-23(2,12-16-4-8-19(30-3)9-5-16)25-14-18(27)15-31-21-10-6-17(7-11-22(28)29)26-20(21)13-24/h4-6,8-10,18,25,27H,7,11-12,14-15H2,1-3H3,(H,28,29). The smallest absolute Gasteiger partial charge is 0.303 e. The molecule has 2 rings (SSSR count). The SMILES string of the molecule is COc1ccc(CC(C)(C)NCC(O)COc2ccc(CCC(=O)O)nc2C#N)cc1. The van der Waals surface area contributed by atoms with Crippen LogP contribution in [0.1, 0.15) is 37.2 Å². The number of nitrogens with zero attached hydrogens (tertiary/aromatic N) is 2. The molecule has 166 valence electrons. The highest BCUT2D eigenvalue weighted by Crippen LogP contribution is 2.18. The summed E-state index contributed by atoms with van der Waals surface area (Å²) in [6.07, 6.45) is 0.160. The predicted octanol–water partition coefficient (Wildman–Crippen LogP) is 2.33. The second-order valence-corrected chi connectivity index (χ2v) is 7.91. The summed E-state index contributed by atoms with van der Waals surface area (Å²) >= 11 is 0. The van der Waals surface area contributed by atoms with Gasteiger partial charge in [0.25, 0.3) is 0 Å². The summed E-state index contributed by atoms with van der Waals surface area (Å²) in [5.41, 5.74) is 1.48. The van der Waals surface area contributed by atoms with Crippen molar-refractivity contribution in [2.75, 3.05) is 20.3 Å². The van der Waals surface area contributed by atoms with E-state index in [0.29, 0.717) is 12.2 Å². The van der Waals surface area contributed by atoms with Gasteiger partial charge in [-0.3, -0.25) is 4.79 Å². The third-order valence-corrected chi connectivity index (χ3v) is 4.67. The number of carboxylic acids is 1. The van der Waals surface area contributed by atoms with Crippen molar-refractivity contribution in [3.05, 3.63) is 53.3 Å². The quantitative estimate of drug-likeness (QED) is 0.471. The molecule has 0 aliphatic heterocycles. The summed E-state index contributed by atoms with van der Waals surface area (Å²) in [5.74, 6) is 0.146. The molecule has 0 radical (unpaired) electrons. The van der Waals surface area contributed by atoms with Crippen LogP contribution in [0.4, 0.5) is 0 Å². The molecule has 1 heterocycles. The van der Waals surface area contributed by atoms with Crippen molar-refractivity contribution in [2.45, 2.75) is 44.8 Å². The molecule has 0 amide bonds. The van der Waals surface area contributed by atoms with Gasteiger partial charge in [0, 0.05) is 24.2 Å². The molecule has 8 heteroatoms. The van der Waals surface area contributed by atoms with Gasteiger partial charge in [0.2, 0.25) is 0 Å². The summed E-state index contributed by atoms with van der Waals surface area (Å²) in [6.45, 7) is 4.42.